The Morgan fingerprint density at radius 1 is 1.09 bits per heavy atom. The summed E-state index contributed by atoms with van der Waals surface area (Å²) in [5, 5.41) is -0.0318. The lowest BCUT2D eigenvalue weighted by molar-refractivity contribution is -0.137. The third-order valence-corrected chi connectivity index (χ3v) is 3.49. The van der Waals surface area contributed by atoms with Crippen LogP contribution < -0.4 is 5.56 Å². The Balaban J connectivity index is 2.22. The molecule has 0 aliphatic carbocycles. The van der Waals surface area contributed by atoms with Crippen LogP contribution >= 0.6 is 11.6 Å². The van der Waals surface area contributed by atoms with Gasteiger partial charge in [0.2, 0.25) is 0 Å². The van der Waals surface area contributed by atoms with E-state index in [0.29, 0.717) is 10.9 Å². The fourth-order valence-corrected chi connectivity index (χ4v) is 2.34. The number of nitrogens with zero attached hydrogens (tertiary/aromatic N) is 1. The second kappa shape index (κ2) is 5.14. The van der Waals surface area contributed by atoms with E-state index in [1.807, 2.05) is 0 Å². The maximum Gasteiger partial charge on any atom is 0.417 e. The number of alkyl halides is 3. The van der Waals surface area contributed by atoms with Gasteiger partial charge in [0, 0.05) is 5.56 Å². The third-order valence-electron chi connectivity index (χ3n) is 3.16. The largest absolute Gasteiger partial charge is 0.417 e. The molecule has 1 heterocycles. The summed E-state index contributed by atoms with van der Waals surface area (Å²) in [7, 11) is 0. The predicted octanol–water partition coefficient (Wildman–Crippen LogP) is 4.26. The van der Waals surface area contributed by atoms with E-state index in [2.05, 4.69) is 9.97 Å². The molecule has 0 bridgehead atoms. The zero-order chi connectivity index (χ0) is 15.9. The van der Waals surface area contributed by atoms with Crippen molar-refractivity contribution < 1.29 is 13.2 Å². The van der Waals surface area contributed by atoms with Crippen molar-refractivity contribution in [3.63, 3.8) is 0 Å². The summed E-state index contributed by atoms with van der Waals surface area (Å²) < 4.78 is 38.7. The van der Waals surface area contributed by atoms with E-state index in [-0.39, 0.29) is 11.4 Å². The van der Waals surface area contributed by atoms with Crippen molar-refractivity contribution in [1.82, 2.24) is 9.97 Å². The summed E-state index contributed by atoms with van der Waals surface area (Å²) in [5.41, 5.74) is -0.837. The first-order valence-corrected chi connectivity index (χ1v) is 6.60. The second-order valence-electron chi connectivity index (χ2n) is 4.62. The highest BCUT2D eigenvalue weighted by Gasteiger charge is 2.33. The van der Waals surface area contributed by atoms with Crippen LogP contribution in [0.25, 0.3) is 22.3 Å². The molecule has 3 aromatic rings. The molecule has 1 N–H and O–H groups in total. The number of hydrogen-bond donors (Lipinski definition) is 1. The minimum Gasteiger partial charge on any atom is -0.306 e. The van der Waals surface area contributed by atoms with Crippen LogP contribution in [-0.2, 0) is 6.18 Å². The molecule has 0 unspecified atom stereocenters. The predicted molar refractivity (Wildman–Crippen MR) is 77.8 cm³/mol. The molecule has 0 aliphatic heterocycles. The zero-order valence-electron chi connectivity index (χ0n) is 10.9. The van der Waals surface area contributed by atoms with Crippen molar-refractivity contribution in [3.05, 3.63) is 63.4 Å². The standard InChI is InChI=1S/C15H8ClF3N2O/c16-11-6-5-8(7-10(11)15(17,18)19)13-20-12-4-2-1-3-9(12)14(22)21-13/h1-7H,(H,20,21,22). The van der Waals surface area contributed by atoms with Crippen molar-refractivity contribution in [2.75, 3.05) is 0 Å². The summed E-state index contributed by atoms with van der Waals surface area (Å²) in [6.45, 7) is 0. The van der Waals surface area contributed by atoms with Crippen molar-refractivity contribution in [2.24, 2.45) is 0 Å². The molecule has 22 heavy (non-hydrogen) atoms. The van der Waals surface area contributed by atoms with Crippen LogP contribution in [0.1, 0.15) is 5.56 Å². The van der Waals surface area contributed by atoms with Gasteiger partial charge >= 0.3 is 6.18 Å². The summed E-state index contributed by atoms with van der Waals surface area (Å²) in [6.07, 6.45) is -4.58. The van der Waals surface area contributed by atoms with Gasteiger partial charge in [-0.3, -0.25) is 4.79 Å². The van der Waals surface area contributed by atoms with E-state index >= 15 is 0 Å². The number of nitrogens with one attached hydrogen (secondary N) is 1. The smallest absolute Gasteiger partial charge is 0.306 e. The Morgan fingerprint density at radius 2 is 1.82 bits per heavy atom. The molecule has 112 valence electrons. The SMILES string of the molecule is O=c1[nH]c(-c2ccc(Cl)c(C(F)(F)F)c2)nc2ccccc12. The molecular formula is C15H8ClF3N2O. The number of H-pyrrole nitrogens is 1. The van der Waals surface area contributed by atoms with Crippen LogP contribution in [0.4, 0.5) is 13.2 Å². The van der Waals surface area contributed by atoms with Gasteiger partial charge in [-0.1, -0.05) is 23.7 Å². The Labute approximate surface area is 127 Å². The molecule has 0 saturated carbocycles. The first kappa shape index (κ1) is 14.6. The average molecular weight is 325 g/mol. The summed E-state index contributed by atoms with van der Waals surface area (Å²) in [5.74, 6) is 0.0610. The highest BCUT2D eigenvalue weighted by molar-refractivity contribution is 6.31. The molecule has 0 fully saturated rings. The van der Waals surface area contributed by atoms with Crippen LogP contribution in [-0.4, -0.2) is 9.97 Å². The Bertz CT molecular complexity index is 919. The van der Waals surface area contributed by atoms with Crippen molar-refractivity contribution >= 4 is 22.5 Å². The van der Waals surface area contributed by atoms with Gasteiger partial charge in [0.05, 0.1) is 21.5 Å². The molecule has 3 nitrogen and oxygen atoms in total. The topological polar surface area (TPSA) is 45.8 Å². The molecule has 3 rings (SSSR count). The van der Waals surface area contributed by atoms with Gasteiger partial charge in [0.1, 0.15) is 5.82 Å². The highest BCUT2D eigenvalue weighted by atomic mass is 35.5. The number of aromatic amines is 1. The molecule has 0 amide bonds. The fourth-order valence-electron chi connectivity index (χ4n) is 2.11. The van der Waals surface area contributed by atoms with Crippen LogP contribution in [0.15, 0.2) is 47.3 Å². The number of halogens is 4. The lowest BCUT2D eigenvalue weighted by Gasteiger charge is -2.11. The van der Waals surface area contributed by atoms with Crippen molar-refractivity contribution in [3.8, 4) is 11.4 Å². The summed E-state index contributed by atoms with van der Waals surface area (Å²) in [6, 6.07) is 9.97. The molecule has 0 radical (unpaired) electrons. The zero-order valence-corrected chi connectivity index (χ0v) is 11.7. The Morgan fingerprint density at radius 3 is 2.55 bits per heavy atom. The molecular weight excluding hydrogens is 317 g/mol. The molecule has 1 aromatic heterocycles. The quantitative estimate of drug-likeness (QED) is 0.727. The molecule has 0 spiro atoms. The van der Waals surface area contributed by atoms with Gasteiger partial charge in [-0.05, 0) is 30.3 Å². The number of rotatable bonds is 1. The Kier molecular flexibility index (Phi) is 3.41. The lowest BCUT2D eigenvalue weighted by Crippen LogP contribution is -2.10. The third kappa shape index (κ3) is 2.57. The Hall–Kier alpha value is -2.34. The van der Waals surface area contributed by atoms with Crippen LogP contribution in [0.2, 0.25) is 5.02 Å². The van der Waals surface area contributed by atoms with Gasteiger partial charge < -0.3 is 4.98 Å². The second-order valence-corrected chi connectivity index (χ2v) is 5.03. The molecule has 0 aliphatic rings. The van der Waals surface area contributed by atoms with E-state index in [1.54, 1.807) is 24.3 Å². The lowest BCUT2D eigenvalue weighted by atomic mass is 10.1. The van der Waals surface area contributed by atoms with E-state index in [9.17, 15) is 18.0 Å². The fraction of sp³-hybridized carbons (Fsp3) is 0.0667. The van der Waals surface area contributed by atoms with Gasteiger partial charge in [-0.2, -0.15) is 13.2 Å². The number of hydrogen-bond acceptors (Lipinski definition) is 2. The number of fused-ring (bicyclic) bond motifs is 1. The van der Waals surface area contributed by atoms with E-state index < -0.39 is 22.3 Å². The van der Waals surface area contributed by atoms with Crippen molar-refractivity contribution in [1.29, 1.82) is 0 Å². The normalized spacial score (nSPS) is 11.8. The first-order valence-electron chi connectivity index (χ1n) is 6.22. The summed E-state index contributed by atoms with van der Waals surface area (Å²) >= 11 is 5.58. The van der Waals surface area contributed by atoms with Crippen LogP contribution in [0, 0.1) is 0 Å². The first-order chi connectivity index (χ1) is 10.4. The number of benzene rings is 2. The van der Waals surface area contributed by atoms with E-state index in [1.165, 1.54) is 6.07 Å². The molecule has 0 saturated heterocycles. The maximum absolute atomic E-state index is 12.9. The van der Waals surface area contributed by atoms with E-state index in [0.717, 1.165) is 12.1 Å². The van der Waals surface area contributed by atoms with Gasteiger partial charge in [0.25, 0.3) is 5.56 Å². The maximum atomic E-state index is 12.9. The molecule has 7 heteroatoms. The van der Waals surface area contributed by atoms with Crippen LogP contribution in [0.3, 0.4) is 0 Å². The average Bonchev–Trinajstić information content (AvgIpc) is 2.46. The number of aromatic nitrogens is 2. The van der Waals surface area contributed by atoms with E-state index in [4.69, 9.17) is 11.6 Å². The number of para-hydroxylation sites is 1. The van der Waals surface area contributed by atoms with Crippen LogP contribution in [0.5, 0.6) is 0 Å². The summed E-state index contributed by atoms with van der Waals surface area (Å²) in [4.78, 5) is 18.7. The minimum atomic E-state index is -4.58. The van der Waals surface area contributed by atoms with Gasteiger partial charge in [-0.15, -0.1) is 0 Å². The molecule has 0 atom stereocenters. The van der Waals surface area contributed by atoms with Gasteiger partial charge in [-0.25, -0.2) is 4.98 Å². The monoisotopic (exact) mass is 324 g/mol. The van der Waals surface area contributed by atoms with Gasteiger partial charge in [0.15, 0.2) is 0 Å². The minimum absolute atomic E-state index is 0.0610. The molecule has 2 aromatic carbocycles. The van der Waals surface area contributed by atoms with Crippen molar-refractivity contribution in [2.45, 2.75) is 6.18 Å². The highest BCUT2D eigenvalue weighted by Crippen LogP contribution is 2.36.